The molecule has 0 saturated heterocycles. The monoisotopic (exact) mass is 593 g/mol. The maximum Gasteiger partial charge on any atom is 0.135 e. The van der Waals surface area contributed by atoms with E-state index in [0.717, 1.165) is 5.39 Å². The first-order valence-corrected chi connectivity index (χ1v) is 14.1. The van der Waals surface area contributed by atoms with E-state index in [1.165, 1.54) is 0 Å². The number of rotatable bonds is 5. The molecule has 1 nitrogen and oxygen atoms in total. The van der Waals surface area contributed by atoms with Crippen molar-refractivity contribution in [3.8, 4) is 11.1 Å². The lowest BCUT2D eigenvalue weighted by molar-refractivity contribution is 0.669. The zero-order valence-electron chi connectivity index (χ0n) is 42.4. The van der Waals surface area contributed by atoms with Gasteiger partial charge in [-0.25, -0.2) is 0 Å². The van der Waals surface area contributed by atoms with Gasteiger partial charge in [-0.15, -0.1) is 0 Å². The summed E-state index contributed by atoms with van der Waals surface area (Å²) in [4.78, 5) is 0. The first-order valence-electron chi connectivity index (χ1n) is 23.6. The Balaban J connectivity index is 1.44. The highest BCUT2D eigenvalue weighted by atomic mass is 16.3. The molecule has 1 heteroatoms. The van der Waals surface area contributed by atoms with Gasteiger partial charge < -0.3 is 4.42 Å². The van der Waals surface area contributed by atoms with Gasteiger partial charge in [-0.2, -0.15) is 0 Å². The van der Waals surface area contributed by atoms with Crippen molar-refractivity contribution in [1.29, 1.82) is 0 Å². The summed E-state index contributed by atoms with van der Waals surface area (Å²) in [6.07, 6.45) is -1.30. The Kier molecular flexibility index (Phi) is 3.07. The molecule has 0 amide bonds. The largest absolute Gasteiger partial charge is 0.456 e. The first kappa shape index (κ1) is 13.1. The lowest BCUT2D eigenvalue weighted by Gasteiger charge is -2.18. The van der Waals surface area contributed by atoms with Crippen LogP contribution in [0.4, 0.5) is 0 Å². The van der Waals surface area contributed by atoms with Gasteiger partial charge >= 0.3 is 0 Å². The standard InChI is InChI=1S/C44H30O/c1-2-12-29(13-3-1)26-40-35-16-6-8-18-37(35)41(38-19-9-7-17-36(38)40)27-30-22-24-33(34-15-5-4-14-32(30)34)31-23-25-44-42(28-31)39-20-10-11-21-43(39)45-44/h1-25,28H,26-27H2/i1D,2D,3D,4D,5D,6D,7D,8D,9D,12D,13D,14D,15D,16D,17D,18D,19D,22D,24D. The highest BCUT2D eigenvalue weighted by Gasteiger charge is 2.17. The molecule has 0 radical (unpaired) electrons. The summed E-state index contributed by atoms with van der Waals surface area (Å²) >= 11 is 0. The molecule has 0 bridgehead atoms. The van der Waals surface area contributed by atoms with Gasteiger partial charge in [0.1, 0.15) is 11.2 Å². The predicted octanol–water partition coefficient (Wildman–Crippen LogP) is 11.9. The second-order valence-corrected chi connectivity index (χ2v) is 10.6. The molecule has 0 N–H and O–H groups in total. The molecule has 212 valence electrons. The van der Waals surface area contributed by atoms with Crippen LogP contribution in [0.25, 0.3) is 65.4 Å². The lowest BCUT2D eigenvalue weighted by Crippen LogP contribution is -1.99. The second-order valence-electron chi connectivity index (χ2n) is 10.6. The minimum atomic E-state index is -0.746. The summed E-state index contributed by atoms with van der Waals surface area (Å²) in [6.45, 7) is 0. The number of hydrogen-bond acceptors (Lipinski definition) is 1. The SMILES string of the molecule is [2H]c1c([2H])c([2H])c(Cc2c3c([2H])c([2H])c([2H])c([2H])c3c(Cc3c([2H])c([2H])c(-c4ccc5oc6ccccc6c5c4)c4c([2H])c([2H])c([2H])c([2H])c34)c3c([2H])c([2H])c([2H])c([2H])c23)c([2H])c1[2H]. The molecule has 8 aromatic carbocycles. The highest BCUT2D eigenvalue weighted by Crippen LogP contribution is 2.39. The van der Waals surface area contributed by atoms with Crippen LogP contribution in [0.3, 0.4) is 0 Å². The molecule has 0 aliphatic carbocycles. The molecule has 0 fully saturated rings. The van der Waals surface area contributed by atoms with Crippen molar-refractivity contribution >= 4 is 54.3 Å². The number of furan rings is 1. The zero-order chi connectivity index (χ0) is 46.3. The van der Waals surface area contributed by atoms with Gasteiger partial charge in [0.25, 0.3) is 0 Å². The van der Waals surface area contributed by atoms with Crippen LogP contribution in [0, 0.1) is 0 Å². The number of fused-ring (bicyclic) bond motifs is 6. The molecule has 9 aromatic rings. The maximum absolute atomic E-state index is 9.58. The van der Waals surface area contributed by atoms with Crippen LogP contribution in [0.1, 0.15) is 48.3 Å². The maximum atomic E-state index is 9.58. The van der Waals surface area contributed by atoms with Crippen LogP contribution in [0.15, 0.2) is 162 Å². The van der Waals surface area contributed by atoms with E-state index in [0.29, 0.717) is 22.1 Å². The Bertz CT molecular complexity index is 3500. The third-order valence-electron chi connectivity index (χ3n) is 8.08. The van der Waals surface area contributed by atoms with E-state index in [4.69, 9.17) is 19.5 Å². The van der Waals surface area contributed by atoms with E-state index in [1.807, 2.05) is 12.1 Å². The molecule has 0 atom stereocenters. The van der Waals surface area contributed by atoms with E-state index in [1.54, 1.807) is 30.3 Å². The number of benzene rings is 8. The predicted molar refractivity (Wildman–Crippen MR) is 190 cm³/mol. The molecule has 9 rings (SSSR count). The molecule has 0 aliphatic heterocycles. The van der Waals surface area contributed by atoms with Gasteiger partial charge in [-0.1, -0.05) is 139 Å². The molecule has 0 unspecified atom stereocenters. The molecule has 0 spiro atoms. The van der Waals surface area contributed by atoms with Gasteiger partial charge in [-0.3, -0.25) is 0 Å². The third-order valence-corrected chi connectivity index (χ3v) is 8.08. The topological polar surface area (TPSA) is 13.1 Å². The quantitative estimate of drug-likeness (QED) is 0.181. The molecule has 1 heterocycles. The summed E-state index contributed by atoms with van der Waals surface area (Å²) in [5, 5.41) is -0.156. The van der Waals surface area contributed by atoms with E-state index in [-0.39, 0.29) is 60.1 Å². The molecule has 45 heavy (non-hydrogen) atoms. The highest BCUT2D eigenvalue weighted by molar-refractivity contribution is 6.09. The van der Waals surface area contributed by atoms with Gasteiger partial charge in [0.2, 0.25) is 0 Å². The normalized spacial score (nSPS) is 17.6. The lowest BCUT2D eigenvalue weighted by atomic mass is 9.85. The van der Waals surface area contributed by atoms with Crippen molar-refractivity contribution in [3.05, 3.63) is 180 Å². The fourth-order valence-corrected chi connectivity index (χ4v) is 6.07. The number of para-hydroxylation sites is 1. The summed E-state index contributed by atoms with van der Waals surface area (Å²) in [6, 6.07) is -0.266. The van der Waals surface area contributed by atoms with E-state index in [2.05, 4.69) is 0 Å². The average molecular weight is 594 g/mol. The van der Waals surface area contributed by atoms with E-state index in [9.17, 15) is 11.0 Å². The Morgan fingerprint density at radius 3 is 1.73 bits per heavy atom. The van der Waals surface area contributed by atoms with Gasteiger partial charge in [0, 0.05) is 10.8 Å². The summed E-state index contributed by atoms with van der Waals surface area (Å²) in [5.74, 6) is 0. The van der Waals surface area contributed by atoms with Crippen LogP contribution in [0.2, 0.25) is 0 Å². The Morgan fingerprint density at radius 2 is 1.02 bits per heavy atom. The van der Waals surface area contributed by atoms with Crippen LogP contribution in [-0.4, -0.2) is 0 Å². The van der Waals surface area contributed by atoms with Crippen LogP contribution in [-0.2, 0) is 12.8 Å². The average Bonchev–Trinajstić information content (AvgIpc) is 3.66. The minimum Gasteiger partial charge on any atom is -0.456 e. The number of hydrogen-bond donors (Lipinski definition) is 0. The van der Waals surface area contributed by atoms with Crippen LogP contribution >= 0.6 is 0 Å². The van der Waals surface area contributed by atoms with Crippen LogP contribution in [0.5, 0.6) is 0 Å². The molecule has 0 aliphatic rings. The Morgan fingerprint density at radius 1 is 0.444 bits per heavy atom. The second kappa shape index (κ2) is 10.5. The third kappa shape index (κ3) is 4.31. The fraction of sp³-hybridized carbons (Fsp3) is 0.0455. The van der Waals surface area contributed by atoms with Crippen LogP contribution < -0.4 is 0 Å². The van der Waals surface area contributed by atoms with Gasteiger partial charge in [0.05, 0.1) is 26.0 Å². The van der Waals surface area contributed by atoms with Crippen molar-refractivity contribution < 1.29 is 30.5 Å². The molecule has 0 saturated carbocycles. The summed E-state index contributed by atoms with van der Waals surface area (Å²) in [5.41, 5.74) is 0.522. The van der Waals surface area contributed by atoms with Gasteiger partial charge in [-0.05, 0) is 96.7 Å². The summed E-state index contributed by atoms with van der Waals surface area (Å²) < 4.78 is 175. The van der Waals surface area contributed by atoms with Crippen molar-refractivity contribution in [2.24, 2.45) is 0 Å². The summed E-state index contributed by atoms with van der Waals surface area (Å²) in [7, 11) is 0. The molecular weight excluding hydrogens is 544 g/mol. The van der Waals surface area contributed by atoms with E-state index >= 15 is 0 Å². The van der Waals surface area contributed by atoms with E-state index < -0.39 is 128 Å². The fourth-order valence-electron chi connectivity index (χ4n) is 6.07. The van der Waals surface area contributed by atoms with Gasteiger partial charge in [0.15, 0.2) is 0 Å². The molecule has 1 aromatic heterocycles. The zero-order valence-corrected chi connectivity index (χ0v) is 23.4. The molecular formula is C44H30O. The van der Waals surface area contributed by atoms with Crippen molar-refractivity contribution in [1.82, 2.24) is 0 Å². The van der Waals surface area contributed by atoms with Crippen molar-refractivity contribution in [2.45, 2.75) is 12.8 Å². The minimum absolute atomic E-state index is 0.00421. The van der Waals surface area contributed by atoms with Crippen molar-refractivity contribution in [2.75, 3.05) is 0 Å². The Hall–Kier alpha value is -5.66. The van der Waals surface area contributed by atoms with Crippen molar-refractivity contribution in [3.63, 3.8) is 0 Å². The smallest absolute Gasteiger partial charge is 0.135 e. The Labute approximate surface area is 288 Å². The first-order chi connectivity index (χ1) is 30.2.